The minimum Gasteiger partial charge on any atom is -0.455 e. The zero-order valence-corrected chi connectivity index (χ0v) is 15.7. The van der Waals surface area contributed by atoms with E-state index in [4.69, 9.17) is 20.9 Å². The highest BCUT2D eigenvalue weighted by atomic mass is 35.5. The number of esters is 1. The van der Waals surface area contributed by atoms with Gasteiger partial charge in [-0.1, -0.05) is 28.9 Å². The number of thiazole rings is 1. The molecule has 1 aromatic carbocycles. The predicted molar refractivity (Wildman–Crippen MR) is 97.6 cm³/mol. The number of carbonyl (C=O) groups excluding carboxylic acids is 1. The Balaban J connectivity index is 1.44. The molecule has 130 valence electrons. The van der Waals surface area contributed by atoms with Gasteiger partial charge in [-0.15, -0.1) is 23.1 Å². The summed E-state index contributed by atoms with van der Waals surface area (Å²) in [5.74, 6) is 1.23. The van der Waals surface area contributed by atoms with Gasteiger partial charge in [-0.05, 0) is 19.1 Å². The number of rotatable bonds is 7. The Hall–Kier alpha value is -1.90. The van der Waals surface area contributed by atoms with Crippen molar-refractivity contribution < 1.29 is 14.1 Å². The van der Waals surface area contributed by atoms with E-state index < -0.39 is 0 Å². The summed E-state index contributed by atoms with van der Waals surface area (Å²) in [4.78, 5) is 20.3. The summed E-state index contributed by atoms with van der Waals surface area (Å²) in [6, 6.07) is 7.12. The lowest BCUT2D eigenvalue weighted by Crippen LogP contribution is -2.07. The molecule has 0 aliphatic carbocycles. The van der Waals surface area contributed by atoms with Crippen LogP contribution in [-0.2, 0) is 21.9 Å². The molecule has 0 saturated heterocycles. The number of thioether (sulfide) groups is 1. The summed E-state index contributed by atoms with van der Waals surface area (Å²) < 4.78 is 10.2. The van der Waals surface area contributed by atoms with E-state index in [2.05, 4.69) is 15.1 Å². The van der Waals surface area contributed by atoms with Gasteiger partial charge in [-0.2, -0.15) is 4.98 Å². The molecule has 2 heterocycles. The van der Waals surface area contributed by atoms with Gasteiger partial charge in [0.2, 0.25) is 5.82 Å². The number of hydrogen-bond acceptors (Lipinski definition) is 8. The maximum atomic E-state index is 11.8. The van der Waals surface area contributed by atoms with Crippen LogP contribution < -0.4 is 0 Å². The smallest absolute Gasteiger partial charge is 0.316 e. The van der Waals surface area contributed by atoms with E-state index in [0.29, 0.717) is 16.6 Å². The standard InChI is InChI=1S/C16H14ClN3O3S2/c1-10-18-13(8-25-10)7-24-9-15(21)22-6-14-19-16(20-23-14)11-3-2-4-12(17)5-11/h2-5,8H,6-7,9H2,1H3. The molecule has 0 bridgehead atoms. The molecule has 0 fully saturated rings. The van der Waals surface area contributed by atoms with Gasteiger partial charge in [-0.25, -0.2) is 4.98 Å². The number of ether oxygens (including phenoxy) is 1. The number of halogens is 1. The van der Waals surface area contributed by atoms with Crippen molar-refractivity contribution in [2.24, 2.45) is 0 Å². The van der Waals surface area contributed by atoms with Crippen molar-refractivity contribution in [1.29, 1.82) is 0 Å². The van der Waals surface area contributed by atoms with Crippen LogP contribution >= 0.6 is 34.7 Å². The molecule has 0 spiro atoms. The number of hydrogen-bond donors (Lipinski definition) is 0. The van der Waals surface area contributed by atoms with Crippen LogP contribution in [0.1, 0.15) is 16.6 Å². The first-order chi connectivity index (χ1) is 12.1. The highest BCUT2D eigenvalue weighted by Crippen LogP contribution is 2.20. The minimum absolute atomic E-state index is 0.0528. The fourth-order valence-electron chi connectivity index (χ4n) is 1.96. The predicted octanol–water partition coefficient (Wildman–Crippen LogP) is 4.13. The number of nitrogens with zero attached hydrogens (tertiary/aromatic N) is 3. The second kappa shape index (κ2) is 8.46. The highest BCUT2D eigenvalue weighted by molar-refractivity contribution is 7.99. The lowest BCUT2D eigenvalue weighted by Gasteiger charge is -2.01. The van der Waals surface area contributed by atoms with Gasteiger partial charge >= 0.3 is 5.97 Å². The Morgan fingerprint density at radius 1 is 1.40 bits per heavy atom. The quantitative estimate of drug-likeness (QED) is 0.556. The summed E-state index contributed by atoms with van der Waals surface area (Å²) in [7, 11) is 0. The Labute approximate surface area is 157 Å². The maximum Gasteiger partial charge on any atom is 0.316 e. The van der Waals surface area contributed by atoms with Crippen molar-refractivity contribution in [3.63, 3.8) is 0 Å². The molecule has 9 heteroatoms. The summed E-state index contributed by atoms with van der Waals surface area (Å²) in [6.45, 7) is 1.90. The Morgan fingerprint density at radius 3 is 3.04 bits per heavy atom. The molecular weight excluding hydrogens is 382 g/mol. The van der Waals surface area contributed by atoms with Crippen LogP contribution in [-0.4, -0.2) is 26.8 Å². The van der Waals surface area contributed by atoms with Crippen LogP contribution in [0, 0.1) is 6.92 Å². The fraction of sp³-hybridized carbons (Fsp3) is 0.250. The van der Waals surface area contributed by atoms with Gasteiger partial charge in [0, 0.05) is 21.7 Å². The Morgan fingerprint density at radius 2 is 2.28 bits per heavy atom. The largest absolute Gasteiger partial charge is 0.455 e. The van der Waals surface area contributed by atoms with E-state index in [1.807, 2.05) is 18.4 Å². The van der Waals surface area contributed by atoms with E-state index in [9.17, 15) is 4.79 Å². The summed E-state index contributed by atoms with van der Waals surface area (Å²) in [5.41, 5.74) is 1.71. The SMILES string of the molecule is Cc1nc(CSCC(=O)OCc2nc(-c3cccc(Cl)c3)no2)cs1. The van der Waals surface area contributed by atoms with Gasteiger partial charge in [0.1, 0.15) is 0 Å². The summed E-state index contributed by atoms with van der Waals surface area (Å²) in [6.07, 6.45) is 0. The average Bonchev–Trinajstić information content (AvgIpc) is 3.22. The van der Waals surface area contributed by atoms with Gasteiger partial charge < -0.3 is 9.26 Å². The van der Waals surface area contributed by atoms with Gasteiger partial charge in [0.05, 0.1) is 16.5 Å². The van der Waals surface area contributed by atoms with Crippen molar-refractivity contribution in [3.05, 3.63) is 51.3 Å². The first-order valence-corrected chi connectivity index (χ1v) is 9.74. The molecule has 0 amide bonds. The molecule has 3 rings (SSSR count). The van der Waals surface area contributed by atoms with E-state index in [1.54, 1.807) is 29.5 Å². The molecule has 0 unspecified atom stereocenters. The molecule has 3 aromatic rings. The van der Waals surface area contributed by atoms with E-state index >= 15 is 0 Å². The van der Waals surface area contributed by atoms with Crippen molar-refractivity contribution in [2.75, 3.05) is 5.75 Å². The van der Waals surface area contributed by atoms with Crippen LogP contribution in [0.2, 0.25) is 5.02 Å². The normalized spacial score (nSPS) is 10.8. The Kier molecular flexibility index (Phi) is 6.06. The molecule has 0 saturated carbocycles. The number of aromatic nitrogens is 3. The third-order valence-corrected chi connectivity index (χ3v) is 5.04. The van der Waals surface area contributed by atoms with Gasteiger partial charge in [0.25, 0.3) is 5.89 Å². The molecule has 0 aliphatic rings. The molecule has 25 heavy (non-hydrogen) atoms. The van der Waals surface area contributed by atoms with Crippen LogP contribution in [0.5, 0.6) is 0 Å². The zero-order chi connectivity index (χ0) is 17.6. The minimum atomic E-state index is -0.334. The summed E-state index contributed by atoms with van der Waals surface area (Å²) in [5, 5.41) is 7.46. The van der Waals surface area contributed by atoms with E-state index in [0.717, 1.165) is 16.3 Å². The molecule has 0 radical (unpaired) electrons. The second-order valence-corrected chi connectivity index (χ2v) is 7.52. The third kappa shape index (κ3) is 5.29. The Bertz CT molecular complexity index is 866. The number of benzene rings is 1. The monoisotopic (exact) mass is 395 g/mol. The number of carbonyl (C=O) groups is 1. The van der Waals surface area contributed by atoms with Crippen molar-refractivity contribution in [2.45, 2.75) is 19.3 Å². The molecule has 0 atom stereocenters. The first kappa shape index (κ1) is 17.9. The van der Waals surface area contributed by atoms with Crippen LogP contribution in [0.15, 0.2) is 34.2 Å². The van der Waals surface area contributed by atoms with E-state index in [-0.39, 0.29) is 24.2 Å². The lowest BCUT2D eigenvalue weighted by molar-refractivity contribution is -0.142. The van der Waals surface area contributed by atoms with Gasteiger partial charge in [0.15, 0.2) is 6.61 Å². The van der Waals surface area contributed by atoms with E-state index in [1.165, 1.54) is 11.8 Å². The van der Waals surface area contributed by atoms with Crippen molar-refractivity contribution in [3.8, 4) is 11.4 Å². The van der Waals surface area contributed by atoms with Gasteiger partial charge in [-0.3, -0.25) is 4.79 Å². The molecule has 0 aliphatic heterocycles. The first-order valence-electron chi connectivity index (χ1n) is 7.33. The number of aryl methyl sites for hydroxylation is 1. The average molecular weight is 396 g/mol. The lowest BCUT2D eigenvalue weighted by atomic mass is 10.2. The third-order valence-electron chi connectivity index (χ3n) is 3.04. The topological polar surface area (TPSA) is 78.1 Å². The second-order valence-electron chi connectivity index (χ2n) is 5.03. The maximum absolute atomic E-state index is 11.8. The molecule has 2 aromatic heterocycles. The fourth-order valence-corrected chi connectivity index (χ4v) is 3.57. The van der Waals surface area contributed by atoms with Crippen molar-refractivity contribution >= 4 is 40.7 Å². The zero-order valence-electron chi connectivity index (χ0n) is 13.3. The van der Waals surface area contributed by atoms with Crippen LogP contribution in [0.3, 0.4) is 0 Å². The molecular formula is C16H14ClN3O3S2. The highest BCUT2D eigenvalue weighted by Gasteiger charge is 2.12. The summed E-state index contributed by atoms with van der Waals surface area (Å²) >= 11 is 8.99. The van der Waals surface area contributed by atoms with Crippen LogP contribution in [0.4, 0.5) is 0 Å². The van der Waals surface area contributed by atoms with Crippen LogP contribution in [0.25, 0.3) is 11.4 Å². The molecule has 0 N–H and O–H groups in total. The molecule has 6 nitrogen and oxygen atoms in total. The van der Waals surface area contributed by atoms with Crippen molar-refractivity contribution in [1.82, 2.24) is 15.1 Å².